The number of nitrogens with zero attached hydrogens (tertiary/aromatic N) is 1. The number of anilines is 1. The fourth-order valence-electron chi connectivity index (χ4n) is 2.81. The van der Waals surface area contributed by atoms with Crippen LogP contribution in [0.4, 0.5) is 5.69 Å². The maximum absolute atomic E-state index is 12.2. The lowest BCUT2D eigenvalue weighted by Gasteiger charge is -2.16. The molecule has 0 radical (unpaired) electrons. The molecule has 0 fully saturated rings. The molecule has 0 saturated heterocycles. The van der Waals surface area contributed by atoms with E-state index in [0.717, 1.165) is 47.3 Å². The summed E-state index contributed by atoms with van der Waals surface area (Å²) >= 11 is 3.61. The summed E-state index contributed by atoms with van der Waals surface area (Å²) in [6.07, 6.45) is 1.08. The van der Waals surface area contributed by atoms with Crippen LogP contribution in [0, 0.1) is 6.92 Å². The Morgan fingerprint density at radius 3 is 2.47 bits per heavy atom. The molecule has 0 unspecified atom stereocenters. The lowest BCUT2D eigenvalue weighted by atomic mass is 10.2. The first-order chi connectivity index (χ1) is 14.4. The minimum Gasteiger partial charge on any atom is -0.490 e. The van der Waals surface area contributed by atoms with Crippen molar-refractivity contribution in [2.24, 2.45) is 0 Å². The average molecular weight is 478 g/mol. The fourth-order valence-corrected chi connectivity index (χ4v) is 3.28. The monoisotopic (exact) mass is 477 g/mol. The number of aryl methyl sites for hydroxylation is 1. The molecular formula is C23H32BrN3O3. The van der Waals surface area contributed by atoms with E-state index < -0.39 is 0 Å². The van der Waals surface area contributed by atoms with Crippen LogP contribution in [0.15, 0.2) is 40.9 Å². The average Bonchev–Trinajstić information content (AvgIpc) is 2.70. The second kappa shape index (κ2) is 12.6. The molecule has 2 aromatic carbocycles. The second-order valence-electron chi connectivity index (χ2n) is 7.36. The number of rotatable bonds is 12. The predicted octanol–water partition coefficient (Wildman–Crippen LogP) is 4.22. The van der Waals surface area contributed by atoms with E-state index >= 15 is 0 Å². The highest BCUT2D eigenvalue weighted by Crippen LogP contribution is 2.34. The summed E-state index contributed by atoms with van der Waals surface area (Å²) in [5.74, 6) is 0.956. The van der Waals surface area contributed by atoms with Gasteiger partial charge in [0.25, 0.3) is 5.91 Å². The Bertz CT molecular complexity index is 810. The van der Waals surface area contributed by atoms with Crippen LogP contribution in [0.3, 0.4) is 0 Å². The van der Waals surface area contributed by atoms with Crippen molar-refractivity contribution in [3.8, 4) is 11.5 Å². The Labute approximate surface area is 188 Å². The van der Waals surface area contributed by atoms with Gasteiger partial charge < -0.3 is 25.0 Å². The third kappa shape index (κ3) is 8.34. The standard InChI is InChI=1S/C23H32BrN3O3/c1-5-29-21-13-18(15-25-11-6-12-27(3)4)20(24)14-22(21)30-16-23(28)26-19-9-7-17(2)8-10-19/h7-10,13-14,25H,5-6,11-12,15-16H2,1-4H3,(H,26,28). The Balaban J connectivity index is 1.94. The van der Waals surface area contributed by atoms with Gasteiger partial charge in [-0.2, -0.15) is 0 Å². The fraction of sp³-hybridized carbons (Fsp3) is 0.435. The number of hydrogen-bond donors (Lipinski definition) is 2. The van der Waals surface area contributed by atoms with Gasteiger partial charge in [0, 0.05) is 16.7 Å². The van der Waals surface area contributed by atoms with Crippen molar-refractivity contribution >= 4 is 27.5 Å². The van der Waals surface area contributed by atoms with E-state index in [1.54, 1.807) is 0 Å². The Hall–Kier alpha value is -2.09. The number of carbonyl (C=O) groups is 1. The summed E-state index contributed by atoms with van der Waals surface area (Å²) in [5, 5.41) is 6.29. The van der Waals surface area contributed by atoms with Crippen LogP contribution < -0.4 is 20.1 Å². The number of benzene rings is 2. The van der Waals surface area contributed by atoms with Crippen LogP contribution in [-0.2, 0) is 11.3 Å². The number of halogens is 1. The minimum absolute atomic E-state index is 0.0947. The molecule has 6 nitrogen and oxygen atoms in total. The van der Waals surface area contributed by atoms with E-state index in [9.17, 15) is 4.79 Å². The van der Waals surface area contributed by atoms with Crippen LogP contribution in [-0.4, -0.2) is 51.2 Å². The molecule has 2 aromatic rings. The molecule has 7 heteroatoms. The highest BCUT2D eigenvalue weighted by atomic mass is 79.9. The van der Waals surface area contributed by atoms with Gasteiger partial charge in [0.05, 0.1) is 6.61 Å². The van der Waals surface area contributed by atoms with E-state index in [-0.39, 0.29) is 12.5 Å². The number of ether oxygens (including phenoxy) is 2. The predicted molar refractivity (Wildman–Crippen MR) is 125 cm³/mol. The van der Waals surface area contributed by atoms with Gasteiger partial charge in [0.1, 0.15) is 0 Å². The van der Waals surface area contributed by atoms with Gasteiger partial charge in [-0.25, -0.2) is 0 Å². The van der Waals surface area contributed by atoms with Crippen LogP contribution >= 0.6 is 15.9 Å². The van der Waals surface area contributed by atoms with Crippen molar-refractivity contribution in [2.75, 3.05) is 45.7 Å². The maximum Gasteiger partial charge on any atom is 0.262 e. The van der Waals surface area contributed by atoms with Gasteiger partial charge in [-0.15, -0.1) is 0 Å². The molecule has 0 spiro atoms. The molecule has 0 aliphatic rings. The van der Waals surface area contributed by atoms with Crippen molar-refractivity contribution in [2.45, 2.75) is 26.8 Å². The molecule has 0 aliphatic heterocycles. The summed E-state index contributed by atoms with van der Waals surface area (Å²) in [7, 11) is 4.15. The van der Waals surface area contributed by atoms with Crippen molar-refractivity contribution in [1.29, 1.82) is 0 Å². The van der Waals surface area contributed by atoms with Gasteiger partial charge in [0.15, 0.2) is 18.1 Å². The maximum atomic E-state index is 12.2. The molecule has 0 saturated carbocycles. The molecule has 2 N–H and O–H groups in total. The summed E-state index contributed by atoms with van der Waals surface area (Å²) in [4.78, 5) is 14.4. The Morgan fingerprint density at radius 2 is 1.80 bits per heavy atom. The molecule has 1 amide bonds. The van der Waals surface area contributed by atoms with E-state index in [4.69, 9.17) is 9.47 Å². The molecule has 30 heavy (non-hydrogen) atoms. The first-order valence-electron chi connectivity index (χ1n) is 10.2. The third-order valence-corrected chi connectivity index (χ3v) is 5.12. The van der Waals surface area contributed by atoms with Gasteiger partial charge >= 0.3 is 0 Å². The van der Waals surface area contributed by atoms with Gasteiger partial charge in [-0.3, -0.25) is 4.79 Å². The molecule has 2 rings (SSSR count). The summed E-state index contributed by atoms with van der Waals surface area (Å²) in [5.41, 5.74) is 2.97. The Morgan fingerprint density at radius 1 is 1.10 bits per heavy atom. The van der Waals surface area contributed by atoms with Gasteiger partial charge in [-0.05, 0) is 77.3 Å². The summed E-state index contributed by atoms with van der Waals surface area (Å²) < 4.78 is 12.4. The van der Waals surface area contributed by atoms with E-state index in [0.29, 0.717) is 18.1 Å². The smallest absolute Gasteiger partial charge is 0.262 e. The SMILES string of the molecule is CCOc1cc(CNCCCN(C)C)c(Br)cc1OCC(=O)Nc1ccc(C)cc1. The normalized spacial score (nSPS) is 10.9. The van der Waals surface area contributed by atoms with Crippen LogP contribution in [0.5, 0.6) is 11.5 Å². The zero-order chi connectivity index (χ0) is 21.9. The Kier molecular flexibility index (Phi) is 10.1. The first kappa shape index (κ1) is 24.2. The quantitative estimate of drug-likeness (QED) is 0.448. The van der Waals surface area contributed by atoms with Crippen molar-refractivity contribution in [3.05, 3.63) is 52.0 Å². The summed E-state index contributed by atoms with van der Waals surface area (Å²) in [6, 6.07) is 11.5. The molecule has 0 aliphatic carbocycles. The summed E-state index contributed by atoms with van der Waals surface area (Å²) in [6.45, 7) is 7.07. The lowest BCUT2D eigenvalue weighted by molar-refractivity contribution is -0.118. The minimum atomic E-state index is -0.218. The van der Waals surface area contributed by atoms with Crippen LogP contribution in [0.2, 0.25) is 0 Å². The number of amides is 1. The lowest BCUT2D eigenvalue weighted by Crippen LogP contribution is -2.21. The molecule has 0 heterocycles. The zero-order valence-electron chi connectivity index (χ0n) is 18.3. The first-order valence-corrected chi connectivity index (χ1v) is 11.0. The second-order valence-corrected chi connectivity index (χ2v) is 8.21. The number of nitrogens with one attached hydrogen (secondary N) is 2. The topological polar surface area (TPSA) is 62.8 Å². The van der Waals surface area contributed by atoms with Crippen LogP contribution in [0.25, 0.3) is 0 Å². The van der Waals surface area contributed by atoms with Gasteiger partial charge in [-0.1, -0.05) is 33.6 Å². The van der Waals surface area contributed by atoms with Gasteiger partial charge in [0.2, 0.25) is 0 Å². The van der Waals surface area contributed by atoms with Crippen LogP contribution in [0.1, 0.15) is 24.5 Å². The molecule has 0 aromatic heterocycles. The number of hydrogen-bond acceptors (Lipinski definition) is 5. The molecular weight excluding hydrogens is 446 g/mol. The van der Waals surface area contributed by atoms with E-state index in [1.807, 2.05) is 50.2 Å². The van der Waals surface area contributed by atoms with Crippen molar-refractivity contribution in [1.82, 2.24) is 10.2 Å². The molecule has 0 atom stereocenters. The highest BCUT2D eigenvalue weighted by Gasteiger charge is 2.13. The van der Waals surface area contributed by atoms with E-state index in [1.165, 1.54) is 0 Å². The molecule has 164 valence electrons. The zero-order valence-corrected chi connectivity index (χ0v) is 19.8. The molecule has 0 bridgehead atoms. The third-order valence-electron chi connectivity index (χ3n) is 4.38. The highest BCUT2D eigenvalue weighted by molar-refractivity contribution is 9.10. The largest absolute Gasteiger partial charge is 0.490 e. The van der Waals surface area contributed by atoms with Crippen molar-refractivity contribution < 1.29 is 14.3 Å². The van der Waals surface area contributed by atoms with E-state index in [2.05, 4.69) is 45.6 Å². The van der Waals surface area contributed by atoms with Crippen molar-refractivity contribution in [3.63, 3.8) is 0 Å². The number of carbonyl (C=O) groups excluding carboxylic acids is 1.